The summed E-state index contributed by atoms with van der Waals surface area (Å²) >= 11 is 0. The van der Waals surface area contributed by atoms with E-state index in [9.17, 15) is 13.2 Å². The Kier molecular flexibility index (Phi) is 9.99. The zero-order chi connectivity index (χ0) is 31.3. The number of halogens is 3. The molecule has 0 amide bonds. The van der Waals surface area contributed by atoms with Gasteiger partial charge in [0.25, 0.3) is 0 Å². The first-order valence-corrected chi connectivity index (χ1v) is 14.4. The zero-order valence-electron chi connectivity index (χ0n) is 25.5. The molecule has 0 aliphatic rings. The van der Waals surface area contributed by atoms with Crippen LogP contribution in [0.15, 0.2) is 79.5 Å². The molecule has 4 aromatic carbocycles. The van der Waals surface area contributed by atoms with Crippen molar-refractivity contribution in [1.82, 2.24) is 4.98 Å². The molecule has 0 aliphatic carbocycles. The van der Waals surface area contributed by atoms with Gasteiger partial charge in [-0.2, -0.15) is 0 Å². The summed E-state index contributed by atoms with van der Waals surface area (Å²) in [6.07, 6.45) is 1.76. The second-order valence-electron chi connectivity index (χ2n) is 10.5. The smallest absolute Gasteiger partial charge is 0.194 e. The van der Waals surface area contributed by atoms with Crippen molar-refractivity contribution in [3.05, 3.63) is 125 Å². The van der Waals surface area contributed by atoms with Crippen LogP contribution < -0.4 is 10.8 Å². The number of hydrogen-bond acceptors (Lipinski definition) is 3. The van der Waals surface area contributed by atoms with Crippen LogP contribution in [-0.2, 0) is 11.4 Å². The Morgan fingerprint density at radius 2 is 1.56 bits per heavy atom. The fraction of sp³-hybridized carbons (Fsp3) is 0.222. The lowest BCUT2D eigenvalue weighted by Crippen LogP contribution is -2.15. The van der Waals surface area contributed by atoms with Gasteiger partial charge in [-0.3, -0.25) is 10.3 Å². The highest BCUT2D eigenvalue weighted by atomic mass is 19.2. The summed E-state index contributed by atoms with van der Waals surface area (Å²) in [5.74, 6) is -4.01. The molecule has 0 unspecified atom stereocenters. The molecule has 0 aliphatic heterocycles. The lowest BCUT2D eigenvalue weighted by atomic mass is 9.92. The predicted molar refractivity (Wildman–Crippen MR) is 173 cm³/mol. The van der Waals surface area contributed by atoms with Crippen LogP contribution in [0.5, 0.6) is 0 Å². The Morgan fingerprint density at radius 1 is 0.884 bits per heavy atom. The molecule has 3 N–H and O–H groups in total. The van der Waals surface area contributed by atoms with Crippen LogP contribution in [0.25, 0.3) is 27.6 Å². The molecule has 1 heterocycles. The van der Waals surface area contributed by atoms with Gasteiger partial charge in [0.15, 0.2) is 17.5 Å². The summed E-state index contributed by atoms with van der Waals surface area (Å²) in [6, 6.07) is 20.0. The van der Waals surface area contributed by atoms with Gasteiger partial charge in [0.2, 0.25) is 0 Å². The van der Waals surface area contributed by atoms with Gasteiger partial charge in [-0.05, 0) is 67.7 Å². The third kappa shape index (κ3) is 6.62. The van der Waals surface area contributed by atoms with E-state index in [-0.39, 0.29) is 11.6 Å². The Labute approximate surface area is 251 Å². The molecular formula is C36H38F3N3O. The predicted octanol–water partition coefficient (Wildman–Crippen LogP) is 10.3. The summed E-state index contributed by atoms with van der Waals surface area (Å²) in [5.41, 5.74) is 12.0. The molecule has 5 aromatic rings. The Balaban J connectivity index is 0.00000207. The molecule has 0 spiro atoms. The van der Waals surface area contributed by atoms with E-state index in [1.807, 2.05) is 62.4 Å². The summed E-state index contributed by atoms with van der Waals surface area (Å²) in [7, 11) is 0. The van der Waals surface area contributed by atoms with Gasteiger partial charge < -0.3 is 10.3 Å². The van der Waals surface area contributed by atoms with E-state index < -0.39 is 17.5 Å². The molecule has 1 aromatic heterocycles. The molecule has 0 bridgehead atoms. The van der Waals surface area contributed by atoms with Crippen molar-refractivity contribution in [2.45, 2.75) is 54.2 Å². The van der Waals surface area contributed by atoms with Gasteiger partial charge in [-0.25, -0.2) is 13.2 Å². The Hall–Kier alpha value is -4.49. The summed E-state index contributed by atoms with van der Waals surface area (Å²) < 4.78 is 41.6. The number of para-hydroxylation sites is 1. The van der Waals surface area contributed by atoms with Crippen LogP contribution in [0.3, 0.4) is 0 Å². The third-order valence-electron chi connectivity index (χ3n) is 7.05. The van der Waals surface area contributed by atoms with Crippen LogP contribution in [-0.4, -0.2) is 11.0 Å². The standard InChI is InChI=1S/C34H32F3N3O.C2H6/c1-19(2)39-32-21(4)14-20(3)30(34(32)40-41-18-23-10-7-6-8-11-23)26-13-9-12-25-27(17-38-33(25)26)22(5)24-15-28(35)31(37)29(36)16-24;1-2/h6-17,19,38-40H,5,18H2,1-4H3;1-2H3. The second-order valence-corrected chi connectivity index (χ2v) is 10.5. The Morgan fingerprint density at radius 3 is 2.21 bits per heavy atom. The lowest BCUT2D eigenvalue weighted by molar-refractivity contribution is 0.180. The molecule has 0 atom stereocenters. The number of aromatic amines is 1. The van der Waals surface area contributed by atoms with E-state index in [1.165, 1.54) is 0 Å². The molecule has 0 saturated heterocycles. The molecule has 5 rings (SSSR count). The number of benzene rings is 4. The van der Waals surface area contributed by atoms with Gasteiger partial charge in [0.1, 0.15) is 0 Å². The minimum absolute atomic E-state index is 0.166. The van der Waals surface area contributed by atoms with Crippen molar-refractivity contribution >= 4 is 27.9 Å². The van der Waals surface area contributed by atoms with Crippen molar-refractivity contribution in [3.8, 4) is 11.1 Å². The van der Waals surface area contributed by atoms with E-state index >= 15 is 0 Å². The van der Waals surface area contributed by atoms with Gasteiger partial charge in [0, 0.05) is 34.3 Å². The maximum atomic E-state index is 14.0. The van der Waals surface area contributed by atoms with E-state index in [4.69, 9.17) is 4.84 Å². The summed E-state index contributed by atoms with van der Waals surface area (Å²) in [5, 5.41) is 4.38. The van der Waals surface area contributed by atoms with Crippen molar-refractivity contribution in [1.29, 1.82) is 0 Å². The van der Waals surface area contributed by atoms with E-state index in [0.717, 1.165) is 62.2 Å². The average molecular weight is 586 g/mol. The molecule has 7 heteroatoms. The molecule has 43 heavy (non-hydrogen) atoms. The lowest BCUT2D eigenvalue weighted by Gasteiger charge is -2.24. The first-order chi connectivity index (χ1) is 20.7. The van der Waals surface area contributed by atoms with Crippen LogP contribution >= 0.6 is 0 Å². The second kappa shape index (κ2) is 13.7. The summed E-state index contributed by atoms with van der Waals surface area (Å²) in [4.78, 5) is 9.38. The highest BCUT2D eigenvalue weighted by molar-refractivity contribution is 6.06. The number of anilines is 2. The van der Waals surface area contributed by atoms with Crippen LogP contribution in [0, 0.1) is 31.3 Å². The quantitative estimate of drug-likeness (QED) is 0.119. The fourth-order valence-electron chi connectivity index (χ4n) is 5.18. The highest BCUT2D eigenvalue weighted by Crippen LogP contribution is 2.43. The molecule has 0 saturated carbocycles. The van der Waals surface area contributed by atoms with Crippen molar-refractivity contribution < 1.29 is 18.0 Å². The van der Waals surface area contributed by atoms with Crippen LogP contribution in [0.1, 0.15) is 55.5 Å². The monoisotopic (exact) mass is 585 g/mol. The number of hydrogen-bond donors (Lipinski definition) is 3. The molecule has 224 valence electrons. The van der Waals surface area contributed by atoms with E-state index in [1.54, 1.807) is 6.20 Å². The number of nitrogens with one attached hydrogen (secondary N) is 3. The van der Waals surface area contributed by atoms with Gasteiger partial charge in [-0.15, -0.1) is 0 Å². The van der Waals surface area contributed by atoms with Crippen molar-refractivity contribution in [3.63, 3.8) is 0 Å². The number of rotatable bonds is 9. The van der Waals surface area contributed by atoms with E-state index in [2.05, 4.69) is 56.1 Å². The molecular weight excluding hydrogens is 547 g/mol. The maximum absolute atomic E-state index is 14.0. The first kappa shape index (κ1) is 31.4. The number of fused-ring (bicyclic) bond motifs is 1. The Bertz CT molecular complexity index is 1720. The van der Waals surface area contributed by atoms with Gasteiger partial charge >= 0.3 is 0 Å². The van der Waals surface area contributed by atoms with Crippen molar-refractivity contribution in [2.75, 3.05) is 10.8 Å². The average Bonchev–Trinajstić information content (AvgIpc) is 3.43. The van der Waals surface area contributed by atoms with Crippen LogP contribution in [0.2, 0.25) is 0 Å². The van der Waals surface area contributed by atoms with Gasteiger partial charge in [0.05, 0.1) is 23.5 Å². The fourth-order valence-corrected chi connectivity index (χ4v) is 5.18. The van der Waals surface area contributed by atoms with Gasteiger partial charge in [-0.1, -0.05) is 75.0 Å². The minimum Gasteiger partial charge on any atom is -0.381 e. The topological polar surface area (TPSA) is 49.1 Å². The minimum atomic E-state index is -1.50. The van der Waals surface area contributed by atoms with E-state index in [0.29, 0.717) is 17.7 Å². The maximum Gasteiger partial charge on any atom is 0.194 e. The normalized spacial score (nSPS) is 10.9. The number of H-pyrrole nitrogens is 1. The largest absolute Gasteiger partial charge is 0.381 e. The SMILES string of the molecule is C=C(c1cc(F)c(F)c(F)c1)c1c[nH]c2c(-c3c(C)cc(C)c(NC(C)C)c3NOCc3ccccc3)cccc12.CC. The first-order valence-electron chi connectivity index (χ1n) is 14.4. The molecule has 0 radical (unpaired) electrons. The summed E-state index contributed by atoms with van der Waals surface area (Å²) in [6.45, 7) is 16.7. The molecule has 4 nitrogen and oxygen atoms in total. The van der Waals surface area contributed by atoms with Crippen molar-refractivity contribution in [2.24, 2.45) is 0 Å². The third-order valence-corrected chi connectivity index (χ3v) is 7.05. The van der Waals surface area contributed by atoms with Crippen LogP contribution in [0.4, 0.5) is 24.5 Å². The highest BCUT2D eigenvalue weighted by Gasteiger charge is 2.21. The zero-order valence-corrected chi connectivity index (χ0v) is 25.5. The molecule has 0 fully saturated rings. The number of aromatic nitrogens is 1. The number of aryl methyl sites for hydroxylation is 2.